The third-order valence-corrected chi connectivity index (χ3v) is 1.98. The van der Waals surface area contributed by atoms with E-state index in [0.717, 1.165) is 5.57 Å². The minimum absolute atomic E-state index is 0.136. The number of aromatic nitrogens is 1. The normalized spacial score (nSPS) is 9.64. The molecule has 0 saturated heterocycles. The van der Waals surface area contributed by atoms with Crippen molar-refractivity contribution < 1.29 is 9.53 Å². The predicted octanol–water partition coefficient (Wildman–Crippen LogP) is 2.55. The van der Waals surface area contributed by atoms with Crippen molar-refractivity contribution in [2.75, 3.05) is 7.11 Å². The van der Waals surface area contributed by atoms with Crippen molar-refractivity contribution in [3.05, 3.63) is 35.1 Å². The van der Waals surface area contributed by atoms with E-state index in [1.54, 1.807) is 12.1 Å². The van der Waals surface area contributed by atoms with Crippen molar-refractivity contribution in [1.82, 2.24) is 4.98 Å². The topological polar surface area (TPSA) is 39.2 Å². The van der Waals surface area contributed by atoms with Crippen molar-refractivity contribution in [3.8, 4) is 0 Å². The lowest BCUT2D eigenvalue weighted by atomic mass is 10.2. The van der Waals surface area contributed by atoms with Gasteiger partial charge in [0.15, 0.2) is 0 Å². The molecule has 0 atom stereocenters. The Morgan fingerprint density at radius 3 is 2.64 bits per heavy atom. The Balaban J connectivity index is 3.14. The van der Waals surface area contributed by atoms with Crippen LogP contribution < -0.4 is 0 Å². The molecule has 0 spiro atoms. The van der Waals surface area contributed by atoms with Crippen LogP contribution in [0.4, 0.5) is 0 Å². The first-order valence-electron chi connectivity index (χ1n) is 3.97. The van der Waals surface area contributed by atoms with E-state index in [-0.39, 0.29) is 10.7 Å². The number of hydrogen-bond acceptors (Lipinski definition) is 3. The quantitative estimate of drug-likeness (QED) is 0.558. The number of esters is 1. The SMILES string of the molecule is C=C(C)c1ccc(C(=O)OC)c(Cl)n1. The van der Waals surface area contributed by atoms with Gasteiger partial charge in [0.05, 0.1) is 18.4 Å². The standard InChI is InChI=1S/C10H10ClNO2/c1-6(2)8-5-4-7(9(11)12-8)10(13)14-3/h4-5H,1H2,2-3H3. The maximum atomic E-state index is 11.1. The Morgan fingerprint density at radius 1 is 1.57 bits per heavy atom. The molecule has 0 N–H and O–H groups in total. The summed E-state index contributed by atoms with van der Waals surface area (Å²) in [4.78, 5) is 15.2. The molecule has 14 heavy (non-hydrogen) atoms. The van der Waals surface area contributed by atoms with Crippen molar-refractivity contribution in [2.45, 2.75) is 6.92 Å². The summed E-state index contributed by atoms with van der Waals surface area (Å²) in [5.74, 6) is -0.490. The van der Waals surface area contributed by atoms with Crippen LogP contribution in [-0.4, -0.2) is 18.1 Å². The zero-order valence-corrected chi connectivity index (χ0v) is 8.76. The van der Waals surface area contributed by atoms with Gasteiger partial charge in [0.1, 0.15) is 5.15 Å². The summed E-state index contributed by atoms with van der Waals surface area (Å²) in [5.41, 5.74) is 1.73. The molecule has 0 aliphatic rings. The van der Waals surface area contributed by atoms with Gasteiger partial charge in [-0.25, -0.2) is 9.78 Å². The highest BCUT2D eigenvalue weighted by Gasteiger charge is 2.12. The second-order valence-corrected chi connectivity index (χ2v) is 3.16. The molecule has 1 aromatic rings. The highest BCUT2D eigenvalue weighted by atomic mass is 35.5. The molecule has 0 radical (unpaired) electrons. The summed E-state index contributed by atoms with van der Waals surface area (Å²) >= 11 is 5.79. The van der Waals surface area contributed by atoms with Crippen LogP contribution in [0.3, 0.4) is 0 Å². The van der Waals surface area contributed by atoms with Gasteiger partial charge >= 0.3 is 5.97 Å². The molecular weight excluding hydrogens is 202 g/mol. The van der Waals surface area contributed by atoms with Gasteiger partial charge in [-0.3, -0.25) is 0 Å². The number of halogens is 1. The van der Waals surface area contributed by atoms with Crippen LogP contribution in [0, 0.1) is 0 Å². The molecule has 0 aliphatic carbocycles. The first-order chi connectivity index (χ1) is 6.56. The van der Waals surface area contributed by atoms with Crippen LogP contribution >= 0.6 is 11.6 Å². The van der Waals surface area contributed by atoms with Crippen molar-refractivity contribution in [3.63, 3.8) is 0 Å². The summed E-state index contributed by atoms with van der Waals surface area (Å²) in [5, 5.41) is 0.136. The second kappa shape index (κ2) is 4.24. The van der Waals surface area contributed by atoms with Gasteiger partial charge in [-0.2, -0.15) is 0 Å². The van der Waals surface area contributed by atoms with Gasteiger partial charge in [-0.1, -0.05) is 18.2 Å². The summed E-state index contributed by atoms with van der Waals surface area (Å²) in [6, 6.07) is 3.26. The van der Waals surface area contributed by atoms with Gasteiger partial charge in [-0.05, 0) is 24.6 Å². The molecule has 0 unspecified atom stereocenters. The third-order valence-electron chi connectivity index (χ3n) is 1.69. The average molecular weight is 212 g/mol. The molecule has 0 saturated carbocycles. The molecule has 3 nitrogen and oxygen atoms in total. The molecule has 1 heterocycles. The highest BCUT2D eigenvalue weighted by Crippen LogP contribution is 2.17. The first kappa shape index (κ1) is 10.7. The Labute approximate surface area is 87.4 Å². The van der Waals surface area contributed by atoms with E-state index >= 15 is 0 Å². The largest absolute Gasteiger partial charge is 0.465 e. The molecule has 4 heteroatoms. The fourth-order valence-corrected chi connectivity index (χ4v) is 1.17. The number of ether oxygens (including phenoxy) is 1. The van der Waals surface area contributed by atoms with E-state index in [1.165, 1.54) is 7.11 Å². The molecule has 0 bridgehead atoms. The summed E-state index contributed by atoms with van der Waals surface area (Å²) in [7, 11) is 1.30. The molecule has 0 amide bonds. The number of carbonyl (C=O) groups excluding carboxylic acids is 1. The molecule has 0 aliphatic heterocycles. The van der Waals surface area contributed by atoms with Crippen LogP contribution in [0.5, 0.6) is 0 Å². The number of hydrogen-bond donors (Lipinski definition) is 0. The second-order valence-electron chi connectivity index (χ2n) is 2.81. The molecule has 1 rings (SSSR count). The fourth-order valence-electron chi connectivity index (χ4n) is 0.934. The summed E-state index contributed by atoms with van der Waals surface area (Å²) in [6.07, 6.45) is 0. The molecule has 0 aromatic carbocycles. The van der Waals surface area contributed by atoms with E-state index in [4.69, 9.17) is 11.6 Å². The van der Waals surface area contributed by atoms with Gasteiger partial charge in [-0.15, -0.1) is 0 Å². The van der Waals surface area contributed by atoms with Crippen LogP contribution in [0.1, 0.15) is 23.0 Å². The Morgan fingerprint density at radius 2 is 2.21 bits per heavy atom. The zero-order chi connectivity index (χ0) is 10.7. The van der Waals surface area contributed by atoms with Crippen LogP contribution in [0.2, 0.25) is 5.15 Å². The number of nitrogens with zero attached hydrogens (tertiary/aromatic N) is 1. The van der Waals surface area contributed by atoms with Crippen molar-refractivity contribution >= 4 is 23.1 Å². The van der Waals surface area contributed by atoms with Gasteiger partial charge < -0.3 is 4.74 Å². The van der Waals surface area contributed by atoms with E-state index in [0.29, 0.717) is 5.69 Å². The number of carbonyl (C=O) groups is 1. The van der Waals surface area contributed by atoms with Crippen molar-refractivity contribution in [1.29, 1.82) is 0 Å². The smallest absolute Gasteiger partial charge is 0.341 e. The van der Waals surface area contributed by atoms with Gasteiger partial charge in [0, 0.05) is 0 Å². The van der Waals surface area contributed by atoms with E-state index in [2.05, 4.69) is 16.3 Å². The van der Waals surface area contributed by atoms with Gasteiger partial charge in [0.2, 0.25) is 0 Å². The summed E-state index contributed by atoms with van der Waals surface area (Å²) in [6.45, 7) is 5.54. The number of rotatable bonds is 2. The predicted molar refractivity (Wildman–Crippen MR) is 55.3 cm³/mol. The molecular formula is C10H10ClNO2. The maximum Gasteiger partial charge on any atom is 0.341 e. The Kier molecular flexibility index (Phi) is 3.25. The summed E-state index contributed by atoms with van der Waals surface area (Å²) < 4.78 is 4.53. The van der Waals surface area contributed by atoms with E-state index < -0.39 is 5.97 Å². The van der Waals surface area contributed by atoms with E-state index in [1.807, 2.05) is 6.92 Å². The first-order valence-corrected chi connectivity index (χ1v) is 4.34. The van der Waals surface area contributed by atoms with Crippen LogP contribution in [0.15, 0.2) is 18.7 Å². The Hall–Kier alpha value is -1.35. The zero-order valence-electron chi connectivity index (χ0n) is 8.00. The molecule has 1 aromatic heterocycles. The average Bonchev–Trinajstić information content (AvgIpc) is 2.16. The maximum absolute atomic E-state index is 11.1. The highest BCUT2D eigenvalue weighted by molar-refractivity contribution is 6.32. The molecule has 74 valence electrons. The minimum atomic E-state index is -0.490. The number of pyridine rings is 1. The lowest BCUT2D eigenvalue weighted by molar-refractivity contribution is 0.0600. The lowest BCUT2D eigenvalue weighted by Gasteiger charge is -2.03. The van der Waals surface area contributed by atoms with Crippen molar-refractivity contribution in [2.24, 2.45) is 0 Å². The van der Waals surface area contributed by atoms with Gasteiger partial charge in [0.25, 0.3) is 0 Å². The fraction of sp³-hybridized carbons (Fsp3) is 0.200. The number of allylic oxidation sites excluding steroid dienone is 1. The molecule has 0 fully saturated rings. The minimum Gasteiger partial charge on any atom is -0.465 e. The van der Waals surface area contributed by atoms with Crippen LogP contribution in [-0.2, 0) is 4.74 Å². The third kappa shape index (κ3) is 2.12. The number of methoxy groups -OCH3 is 1. The van der Waals surface area contributed by atoms with E-state index in [9.17, 15) is 4.79 Å². The van der Waals surface area contributed by atoms with Crippen LogP contribution in [0.25, 0.3) is 5.57 Å². The Bertz CT molecular complexity index is 388. The monoisotopic (exact) mass is 211 g/mol. The lowest BCUT2D eigenvalue weighted by Crippen LogP contribution is -2.03.